The number of hydrogen-bond donors (Lipinski definition) is 3. The Morgan fingerprint density at radius 1 is 1.17 bits per heavy atom. The molecule has 1 fully saturated rings. The zero-order valence-corrected chi connectivity index (χ0v) is 14.1. The number of carbonyl (C=O) groups is 1. The van der Waals surface area contributed by atoms with E-state index in [0.29, 0.717) is 12.5 Å². The van der Waals surface area contributed by atoms with E-state index in [2.05, 4.69) is 36.5 Å². The molecule has 0 aromatic heterocycles. The summed E-state index contributed by atoms with van der Waals surface area (Å²) in [6.45, 7) is 2.09. The van der Waals surface area contributed by atoms with Gasteiger partial charge in [0.15, 0.2) is 0 Å². The van der Waals surface area contributed by atoms with Crippen molar-refractivity contribution in [3.63, 3.8) is 0 Å². The summed E-state index contributed by atoms with van der Waals surface area (Å²) in [5.74, 6) is -0.954. The number of benzene rings is 2. The molecule has 2 aromatic carbocycles. The molecule has 0 amide bonds. The highest BCUT2D eigenvalue weighted by atomic mass is 16.4. The third-order valence-electron chi connectivity index (χ3n) is 4.73. The Balaban J connectivity index is 0.000000185. The van der Waals surface area contributed by atoms with Crippen LogP contribution < -0.4 is 5.32 Å². The summed E-state index contributed by atoms with van der Waals surface area (Å²) < 4.78 is 0. The lowest BCUT2D eigenvalue weighted by atomic mass is 9.93. The molecule has 128 valence electrons. The maximum absolute atomic E-state index is 11.1. The highest BCUT2D eigenvalue weighted by Crippen LogP contribution is 2.54. The maximum Gasteiger partial charge on any atom is 0.314 e. The van der Waals surface area contributed by atoms with Gasteiger partial charge in [-0.2, -0.15) is 0 Å². The molecule has 0 heterocycles. The van der Waals surface area contributed by atoms with Crippen LogP contribution in [-0.4, -0.2) is 29.8 Å². The molecule has 1 saturated carbocycles. The monoisotopic (exact) mass is 327 g/mol. The van der Waals surface area contributed by atoms with E-state index in [4.69, 9.17) is 10.2 Å². The Kier molecular flexibility index (Phi) is 6.12. The first kappa shape index (κ1) is 18.2. The van der Waals surface area contributed by atoms with Crippen molar-refractivity contribution in [2.24, 2.45) is 5.92 Å². The molecule has 3 N–H and O–H groups in total. The third kappa shape index (κ3) is 3.83. The minimum absolute atomic E-state index is 0.0544. The van der Waals surface area contributed by atoms with E-state index in [0.717, 1.165) is 5.56 Å². The van der Waals surface area contributed by atoms with Crippen LogP contribution in [0.3, 0.4) is 0 Å². The van der Waals surface area contributed by atoms with Gasteiger partial charge >= 0.3 is 5.97 Å². The van der Waals surface area contributed by atoms with Gasteiger partial charge < -0.3 is 15.5 Å². The molecule has 0 bridgehead atoms. The predicted octanol–water partition coefficient (Wildman–Crippen LogP) is 2.99. The van der Waals surface area contributed by atoms with Gasteiger partial charge in [-0.25, -0.2) is 0 Å². The Morgan fingerprint density at radius 3 is 2.12 bits per heavy atom. The van der Waals surface area contributed by atoms with Crippen molar-refractivity contribution < 1.29 is 15.0 Å². The van der Waals surface area contributed by atoms with E-state index in [9.17, 15) is 4.79 Å². The van der Waals surface area contributed by atoms with Crippen LogP contribution in [-0.2, 0) is 10.2 Å². The average Bonchev–Trinajstić information content (AvgIpc) is 3.39. The number of aliphatic hydroxyl groups is 1. The molecule has 3 rings (SSSR count). The Morgan fingerprint density at radius 2 is 1.71 bits per heavy atom. The summed E-state index contributed by atoms with van der Waals surface area (Å²) in [7, 11) is 1.97. The number of nitrogens with one attached hydrogen (secondary N) is 1. The summed E-state index contributed by atoms with van der Waals surface area (Å²) in [5, 5.41) is 21.3. The van der Waals surface area contributed by atoms with Crippen molar-refractivity contribution in [2.75, 3.05) is 13.7 Å². The highest BCUT2D eigenvalue weighted by molar-refractivity contribution is 5.85. The first-order valence-electron chi connectivity index (χ1n) is 8.18. The lowest BCUT2D eigenvalue weighted by Crippen LogP contribution is -2.23. The summed E-state index contributed by atoms with van der Waals surface area (Å²) in [6.07, 6.45) is 0.544. The van der Waals surface area contributed by atoms with E-state index in [-0.39, 0.29) is 12.5 Å². The van der Waals surface area contributed by atoms with Gasteiger partial charge in [0.1, 0.15) is 0 Å². The van der Waals surface area contributed by atoms with Crippen LogP contribution in [0.2, 0.25) is 0 Å². The van der Waals surface area contributed by atoms with Crippen molar-refractivity contribution in [3.8, 4) is 0 Å². The molecule has 1 aliphatic carbocycles. The maximum atomic E-state index is 11.1. The molecule has 1 aliphatic rings. The van der Waals surface area contributed by atoms with E-state index >= 15 is 0 Å². The quantitative estimate of drug-likeness (QED) is 0.789. The van der Waals surface area contributed by atoms with Crippen molar-refractivity contribution in [3.05, 3.63) is 71.8 Å². The highest BCUT2D eigenvalue weighted by Gasteiger charge is 2.61. The number of aliphatic hydroxyl groups excluding tert-OH is 1. The molecule has 1 unspecified atom stereocenters. The number of carboxylic acids is 1. The van der Waals surface area contributed by atoms with Crippen LogP contribution in [0, 0.1) is 5.92 Å². The minimum Gasteiger partial charge on any atom is -0.481 e. The summed E-state index contributed by atoms with van der Waals surface area (Å²) in [6, 6.07) is 20.0. The number of rotatable bonds is 5. The van der Waals surface area contributed by atoms with Gasteiger partial charge in [0.25, 0.3) is 0 Å². The number of carboxylic acid groups (broad SMARTS) is 1. The molecule has 0 saturated heterocycles. The minimum atomic E-state index is -0.831. The first-order valence-corrected chi connectivity index (χ1v) is 8.18. The smallest absolute Gasteiger partial charge is 0.314 e. The molecular formula is C20H25NO3. The van der Waals surface area contributed by atoms with Crippen LogP contribution in [0.25, 0.3) is 0 Å². The van der Waals surface area contributed by atoms with Crippen LogP contribution in [0.4, 0.5) is 0 Å². The van der Waals surface area contributed by atoms with Crippen LogP contribution in [0.5, 0.6) is 0 Å². The summed E-state index contributed by atoms with van der Waals surface area (Å²) in [5.41, 5.74) is 1.31. The topological polar surface area (TPSA) is 69.6 Å². The molecule has 0 spiro atoms. The lowest BCUT2D eigenvalue weighted by molar-refractivity contribution is -0.140. The molecule has 4 nitrogen and oxygen atoms in total. The second-order valence-electron chi connectivity index (χ2n) is 6.15. The summed E-state index contributed by atoms with van der Waals surface area (Å²) >= 11 is 0. The van der Waals surface area contributed by atoms with Gasteiger partial charge in [-0.1, -0.05) is 60.7 Å². The molecule has 3 atom stereocenters. The van der Waals surface area contributed by atoms with Gasteiger partial charge in [-0.05, 0) is 31.5 Å². The van der Waals surface area contributed by atoms with Crippen molar-refractivity contribution in [1.82, 2.24) is 5.32 Å². The van der Waals surface area contributed by atoms with Crippen LogP contribution in [0.15, 0.2) is 60.7 Å². The fourth-order valence-electron chi connectivity index (χ4n) is 2.93. The molecule has 24 heavy (non-hydrogen) atoms. The standard InChI is InChI=1S/C11H12O3.C9H13N/c12-7-9-6-11(9,10(13)14)8-4-2-1-3-5-8;1-8(10-2)9-6-4-3-5-7-9/h1-5,9,12H,6-7H2,(H,13,14);3-8,10H,1-2H3/t9-,11+;/m0./s1. The zero-order valence-electron chi connectivity index (χ0n) is 14.1. The van der Waals surface area contributed by atoms with Crippen LogP contribution >= 0.6 is 0 Å². The van der Waals surface area contributed by atoms with Gasteiger partial charge in [-0.3, -0.25) is 4.79 Å². The number of aliphatic carboxylic acids is 1. The second kappa shape index (κ2) is 8.08. The van der Waals surface area contributed by atoms with Gasteiger partial charge in [0.05, 0.1) is 5.41 Å². The molecule has 0 radical (unpaired) electrons. The first-order chi connectivity index (χ1) is 11.6. The van der Waals surface area contributed by atoms with E-state index < -0.39 is 11.4 Å². The SMILES string of the molecule is CNC(C)c1ccccc1.O=C(O)[C@@]1(c2ccccc2)C[C@H]1CO. The van der Waals surface area contributed by atoms with Crippen molar-refractivity contribution in [1.29, 1.82) is 0 Å². The number of hydrogen-bond acceptors (Lipinski definition) is 3. The van der Waals surface area contributed by atoms with Gasteiger partial charge in [0, 0.05) is 18.6 Å². The second-order valence-corrected chi connectivity index (χ2v) is 6.15. The largest absolute Gasteiger partial charge is 0.481 e. The fraction of sp³-hybridized carbons (Fsp3) is 0.350. The normalized spacial score (nSPS) is 22.9. The Hall–Kier alpha value is -2.17. The van der Waals surface area contributed by atoms with Crippen molar-refractivity contribution >= 4 is 5.97 Å². The zero-order chi connectivity index (χ0) is 17.6. The van der Waals surface area contributed by atoms with Gasteiger partial charge in [-0.15, -0.1) is 0 Å². The van der Waals surface area contributed by atoms with Crippen molar-refractivity contribution in [2.45, 2.75) is 24.8 Å². The third-order valence-corrected chi connectivity index (χ3v) is 4.73. The average molecular weight is 327 g/mol. The molecule has 0 aliphatic heterocycles. The fourth-order valence-corrected chi connectivity index (χ4v) is 2.93. The molecule has 4 heteroatoms. The lowest BCUT2D eigenvalue weighted by Gasteiger charge is -2.11. The van der Waals surface area contributed by atoms with E-state index in [1.807, 2.05) is 43.4 Å². The molecule has 2 aromatic rings. The predicted molar refractivity (Wildman–Crippen MR) is 94.9 cm³/mol. The van der Waals surface area contributed by atoms with Gasteiger partial charge in [0.2, 0.25) is 0 Å². The van der Waals surface area contributed by atoms with E-state index in [1.165, 1.54) is 5.56 Å². The summed E-state index contributed by atoms with van der Waals surface area (Å²) in [4.78, 5) is 11.1. The molecular weight excluding hydrogens is 302 g/mol. The van der Waals surface area contributed by atoms with Crippen LogP contribution in [0.1, 0.15) is 30.5 Å². The van der Waals surface area contributed by atoms with E-state index in [1.54, 1.807) is 0 Å². The Labute approximate surface area is 143 Å². The Bertz CT molecular complexity index is 644.